The van der Waals surface area contributed by atoms with Crippen molar-refractivity contribution in [2.45, 2.75) is 38.4 Å². The molecule has 1 atom stereocenters. The summed E-state index contributed by atoms with van der Waals surface area (Å²) in [5.74, 6) is -0.0965. The molecule has 1 unspecified atom stereocenters. The van der Waals surface area contributed by atoms with Gasteiger partial charge in [0.25, 0.3) is 5.91 Å². The summed E-state index contributed by atoms with van der Waals surface area (Å²) in [5, 5.41) is 16.4. The summed E-state index contributed by atoms with van der Waals surface area (Å²) in [5.41, 5.74) is 4.47. The van der Waals surface area contributed by atoms with Crippen LogP contribution in [0.15, 0.2) is 48.7 Å². The predicted molar refractivity (Wildman–Crippen MR) is 144 cm³/mol. The van der Waals surface area contributed by atoms with Gasteiger partial charge in [-0.2, -0.15) is 0 Å². The number of nitrogens with zero attached hydrogens (tertiary/aromatic N) is 3. The van der Waals surface area contributed by atoms with Crippen molar-refractivity contribution in [2.24, 2.45) is 0 Å². The number of fused-ring (bicyclic) bond motifs is 1. The maximum absolute atomic E-state index is 13.2. The highest BCUT2D eigenvalue weighted by molar-refractivity contribution is 6.33. The van der Waals surface area contributed by atoms with Gasteiger partial charge in [0.1, 0.15) is 6.54 Å². The summed E-state index contributed by atoms with van der Waals surface area (Å²) >= 11 is 6.44. The molecule has 1 aromatic heterocycles. The van der Waals surface area contributed by atoms with Gasteiger partial charge in [-0.25, -0.2) is 9.97 Å². The van der Waals surface area contributed by atoms with Gasteiger partial charge >= 0.3 is 0 Å². The summed E-state index contributed by atoms with van der Waals surface area (Å²) in [6, 6.07) is 12.8. The minimum Gasteiger partial charge on any atom is -0.394 e. The van der Waals surface area contributed by atoms with E-state index >= 15 is 0 Å². The molecule has 5 rings (SSSR count). The Labute approximate surface area is 226 Å². The summed E-state index contributed by atoms with van der Waals surface area (Å²) in [4.78, 5) is 36.4. The fourth-order valence-electron chi connectivity index (χ4n) is 4.75. The summed E-state index contributed by atoms with van der Waals surface area (Å²) in [6.07, 6.45) is 3.31. The van der Waals surface area contributed by atoms with Crippen LogP contribution in [0.4, 0.5) is 5.95 Å². The lowest BCUT2D eigenvalue weighted by atomic mass is 10.0. The standard InChI is InChI=1S/C28H30ClN5O4/c1-17-2-4-18(5-3-17)24(16-35)32-25(36)15-34-14-20-7-6-19(12-22(20)27(34)37)26-23(29)13-30-28(33-26)31-21-8-10-38-11-9-21/h2-7,12-13,21,24,35H,8-11,14-16H2,1H3,(H,32,36)(H,30,31,33). The molecule has 3 N–H and O–H groups in total. The van der Waals surface area contributed by atoms with Crippen molar-refractivity contribution in [1.82, 2.24) is 20.2 Å². The Morgan fingerprint density at radius 1 is 1.21 bits per heavy atom. The number of aromatic nitrogens is 2. The van der Waals surface area contributed by atoms with Crippen LogP contribution >= 0.6 is 11.6 Å². The van der Waals surface area contributed by atoms with E-state index in [9.17, 15) is 14.7 Å². The van der Waals surface area contributed by atoms with Crippen molar-refractivity contribution < 1.29 is 19.4 Å². The van der Waals surface area contributed by atoms with Crippen molar-refractivity contribution >= 4 is 29.4 Å². The van der Waals surface area contributed by atoms with E-state index in [1.807, 2.05) is 43.3 Å². The van der Waals surface area contributed by atoms with Crippen molar-refractivity contribution in [3.05, 3.63) is 75.9 Å². The van der Waals surface area contributed by atoms with Crippen molar-refractivity contribution in [3.63, 3.8) is 0 Å². The van der Waals surface area contributed by atoms with Crippen LogP contribution in [-0.2, 0) is 16.1 Å². The molecule has 198 valence electrons. The molecule has 2 aliphatic heterocycles. The Kier molecular flexibility index (Phi) is 7.87. The largest absolute Gasteiger partial charge is 0.394 e. The molecule has 0 radical (unpaired) electrons. The minimum absolute atomic E-state index is 0.112. The zero-order chi connectivity index (χ0) is 26.6. The Morgan fingerprint density at radius 3 is 2.71 bits per heavy atom. The number of carbonyl (C=O) groups excluding carboxylic acids is 2. The smallest absolute Gasteiger partial charge is 0.254 e. The zero-order valence-corrected chi connectivity index (χ0v) is 21.9. The molecule has 3 heterocycles. The minimum atomic E-state index is -0.543. The molecule has 10 heteroatoms. The Hall–Kier alpha value is -3.53. The molecule has 1 fully saturated rings. The van der Waals surface area contributed by atoms with E-state index in [2.05, 4.69) is 20.6 Å². The predicted octanol–water partition coefficient (Wildman–Crippen LogP) is 3.50. The first-order chi connectivity index (χ1) is 18.4. The number of aliphatic hydroxyl groups is 1. The van der Waals surface area contributed by atoms with Gasteiger partial charge in [-0.05, 0) is 37.0 Å². The second-order valence-electron chi connectivity index (χ2n) is 9.67. The molecule has 9 nitrogen and oxygen atoms in total. The normalized spacial score (nSPS) is 16.3. The zero-order valence-electron chi connectivity index (χ0n) is 21.1. The third-order valence-corrected chi connectivity index (χ3v) is 7.17. The molecule has 3 aromatic rings. The number of aryl methyl sites for hydroxylation is 1. The number of amides is 2. The quantitative estimate of drug-likeness (QED) is 0.404. The molecular formula is C28H30ClN5O4. The number of ether oxygens (including phenoxy) is 1. The van der Waals surface area contributed by atoms with Gasteiger partial charge in [0, 0.05) is 36.9 Å². The van der Waals surface area contributed by atoms with Crippen LogP contribution in [0.1, 0.15) is 45.9 Å². The van der Waals surface area contributed by atoms with Gasteiger partial charge in [-0.15, -0.1) is 0 Å². The molecule has 2 aromatic carbocycles. The number of halogens is 1. The van der Waals surface area contributed by atoms with Gasteiger partial charge in [-0.1, -0.05) is 53.6 Å². The number of hydrogen-bond acceptors (Lipinski definition) is 7. The van der Waals surface area contributed by atoms with Gasteiger partial charge < -0.3 is 25.4 Å². The van der Waals surface area contributed by atoms with Crippen LogP contribution in [0, 0.1) is 6.92 Å². The molecule has 38 heavy (non-hydrogen) atoms. The Morgan fingerprint density at radius 2 is 1.97 bits per heavy atom. The number of aliphatic hydroxyl groups excluding tert-OH is 1. The molecule has 0 bridgehead atoms. The van der Waals surface area contributed by atoms with Crippen LogP contribution in [0.5, 0.6) is 0 Å². The van der Waals surface area contributed by atoms with Crippen LogP contribution in [0.3, 0.4) is 0 Å². The maximum atomic E-state index is 13.2. The van der Waals surface area contributed by atoms with E-state index in [1.54, 1.807) is 12.3 Å². The molecule has 2 amide bonds. The third-order valence-electron chi connectivity index (χ3n) is 6.89. The number of carbonyl (C=O) groups is 2. The van der Waals surface area contributed by atoms with E-state index in [-0.39, 0.29) is 31.0 Å². The fraction of sp³-hybridized carbons (Fsp3) is 0.357. The highest BCUT2D eigenvalue weighted by atomic mass is 35.5. The third kappa shape index (κ3) is 5.80. The SMILES string of the molecule is Cc1ccc(C(CO)NC(=O)CN2Cc3ccc(-c4nc(NC5CCOCC5)ncc4Cl)cc3C2=O)cc1. The lowest BCUT2D eigenvalue weighted by Crippen LogP contribution is -2.40. The molecule has 0 saturated carbocycles. The average molecular weight is 536 g/mol. The van der Waals surface area contributed by atoms with E-state index in [0.29, 0.717) is 47.6 Å². The molecule has 1 saturated heterocycles. The number of rotatable bonds is 8. The van der Waals surface area contributed by atoms with Gasteiger partial charge in [0.15, 0.2) is 0 Å². The molecule has 2 aliphatic rings. The van der Waals surface area contributed by atoms with Crippen LogP contribution in [0.2, 0.25) is 5.02 Å². The topological polar surface area (TPSA) is 117 Å². The summed E-state index contributed by atoms with van der Waals surface area (Å²) in [6.45, 7) is 3.35. The van der Waals surface area contributed by atoms with Gasteiger partial charge in [0.05, 0.1) is 29.6 Å². The van der Waals surface area contributed by atoms with E-state index in [1.165, 1.54) is 4.90 Å². The van der Waals surface area contributed by atoms with Crippen LogP contribution in [-0.4, -0.2) is 64.2 Å². The lowest BCUT2D eigenvalue weighted by molar-refractivity contribution is -0.122. The first-order valence-electron chi connectivity index (χ1n) is 12.7. The Balaban J connectivity index is 1.27. The number of benzene rings is 2. The monoisotopic (exact) mass is 535 g/mol. The molecular weight excluding hydrogens is 506 g/mol. The van der Waals surface area contributed by atoms with Crippen molar-refractivity contribution in [2.75, 3.05) is 31.7 Å². The van der Waals surface area contributed by atoms with Crippen LogP contribution < -0.4 is 10.6 Å². The highest BCUT2D eigenvalue weighted by Gasteiger charge is 2.30. The number of nitrogens with one attached hydrogen (secondary N) is 2. The second kappa shape index (κ2) is 11.5. The Bertz CT molecular complexity index is 1330. The van der Waals surface area contributed by atoms with E-state index in [0.717, 1.165) is 29.5 Å². The highest BCUT2D eigenvalue weighted by Crippen LogP contribution is 2.31. The number of hydrogen-bond donors (Lipinski definition) is 3. The average Bonchev–Trinajstić information content (AvgIpc) is 3.23. The molecule has 0 spiro atoms. The fourth-order valence-corrected chi connectivity index (χ4v) is 4.95. The van der Waals surface area contributed by atoms with Crippen molar-refractivity contribution in [1.29, 1.82) is 0 Å². The van der Waals surface area contributed by atoms with E-state index < -0.39 is 6.04 Å². The van der Waals surface area contributed by atoms with Gasteiger partial charge in [0.2, 0.25) is 11.9 Å². The van der Waals surface area contributed by atoms with Crippen LogP contribution in [0.25, 0.3) is 11.3 Å². The maximum Gasteiger partial charge on any atom is 0.254 e. The molecule has 0 aliphatic carbocycles. The second-order valence-corrected chi connectivity index (χ2v) is 10.1. The van der Waals surface area contributed by atoms with Gasteiger partial charge in [-0.3, -0.25) is 9.59 Å². The first-order valence-corrected chi connectivity index (χ1v) is 13.0. The van der Waals surface area contributed by atoms with E-state index in [4.69, 9.17) is 16.3 Å². The van der Waals surface area contributed by atoms with Crippen molar-refractivity contribution in [3.8, 4) is 11.3 Å². The first kappa shape index (κ1) is 26.1. The number of anilines is 1. The summed E-state index contributed by atoms with van der Waals surface area (Å²) < 4.78 is 5.41. The summed E-state index contributed by atoms with van der Waals surface area (Å²) in [7, 11) is 0. The lowest BCUT2D eigenvalue weighted by Gasteiger charge is -2.23.